The number of amides is 2. The predicted octanol–water partition coefficient (Wildman–Crippen LogP) is 3.13. The number of anilines is 1. The summed E-state index contributed by atoms with van der Waals surface area (Å²) in [5, 5.41) is 14.0. The number of hydrogen-bond acceptors (Lipinski definition) is 2. The number of aliphatic carboxylic acids is 1. The van der Waals surface area contributed by atoms with E-state index < -0.39 is 18.0 Å². The number of rotatable bonds is 5. The van der Waals surface area contributed by atoms with Crippen molar-refractivity contribution in [2.45, 2.75) is 32.7 Å². The topological polar surface area (TPSA) is 78.4 Å². The zero-order valence-electron chi connectivity index (χ0n) is 10.9. The van der Waals surface area contributed by atoms with E-state index in [0.717, 1.165) is 10.0 Å². The summed E-state index contributed by atoms with van der Waals surface area (Å²) < 4.78 is 0.952. The van der Waals surface area contributed by atoms with Crippen molar-refractivity contribution in [1.29, 1.82) is 0 Å². The molecular formula is C13H17BrN2O3. The first-order valence-corrected chi connectivity index (χ1v) is 6.79. The SMILES string of the molecule is CCC[C@H](NC(=O)Nc1ccc(Br)c(C)c1)C(=O)O. The van der Waals surface area contributed by atoms with Crippen LogP contribution in [0.1, 0.15) is 25.3 Å². The number of carboxylic acid groups (broad SMARTS) is 1. The number of carbonyl (C=O) groups excluding carboxylic acids is 1. The summed E-state index contributed by atoms with van der Waals surface area (Å²) in [7, 11) is 0. The van der Waals surface area contributed by atoms with Gasteiger partial charge in [0.2, 0.25) is 0 Å². The molecule has 0 aromatic heterocycles. The van der Waals surface area contributed by atoms with Crippen molar-refractivity contribution in [3.05, 3.63) is 28.2 Å². The average Bonchev–Trinajstić information content (AvgIpc) is 2.33. The number of urea groups is 1. The molecule has 0 bridgehead atoms. The van der Waals surface area contributed by atoms with Gasteiger partial charge in [0.25, 0.3) is 0 Å². The van der Waals surface area contributed by atoms with Crippen molar-refractivity contribution < 1.29 is 14.7 Å². The van der Waals surface area contributed by atoms with Gasteiger partial charge in [-0.3, -0.25) is 0 Å². The lowest BCUT2D eigenvalue weighted by atomic mass is 10.2. The summed E-state index contributed by atoms with van der Waals surface area (Å²) in [6.07, 6.45) is 1.09. The Hall–Kier alpha value is -1.56. The summed E-state index contributed by atoms with van der Waals surface area (Å²) in [6.45, 7) is 3.78. The molecule has 1 rings (SSSR count). The van der Waals surface area contributed by atoms with Crippen LogP contribution in [0.3, 0.4) is 0 Å². The van der Waals surface area contributed by atoms with Gasteiger partial charge in [0.05, 0.1) is 0 Å². The quantitative estimate of drug-likeness (QED) is 0.776. The van der Waals surface area contributed by atoms with E-state index in [2.05, 4.69) is 26.6 Å². The molecule has 0 saturated heterocycles. The minimum absolute atomic E-state index is 0.405. The minimum Gasteiger partial charge on any atom is -0.480 e. The molecule has 1 aromatic carbocycles. The van der Waals surface area contributed by atoms with Crippen LogP contribution >= 0.6 is 15.9 Å². The zero-order valence-corrected chi connectivity index (χ0v) is 12.5. The molecule has 6 heteroatoms. The monoisotopic (exact) mass is 328 g/mol. The normalized spacial score (nSPS) is 11.7. The zero-order chi connectivity index (χ0) is 14.4. The van der Waals surface area contributed by atoms with E-state index in [9.17, 15) is 9.59 Å². The predicted molar refractivity (Wildman–Crippen MR) is 77.4 cm³/mol. The van der Waals surface area contributed by atoms with Gasteiger partial charge in [0, 0.05) is 10.2 Å². The van der Waals surface area contributed by atoms with Crippen LogP contribution in [0.4, 0.5) is 10.5 Å². The molecular weight excluding hydrogens is 312 g/mol. The summed E-state index contributed by atoms with van der Waals surface area (Å²) in [5.41, 5.74) is 1.61. The number of carboxylic acids is 1. The highest BCUT2D eigenvalue weighted by Gasteiger charge is 2.18. The van der Waals surface area contributed by atoms with Crippen molar-refractivity contribution in [2.75, 3.05) is 5.32 Å². The lowest BCUT2D eigenvalue weighted by molar-refractivity contribution is -0.139. The van der Waals surface area contributed by atoms with Crippen LogP contribution < -0.4 is 10.6 Å². The second-order valence-electron chi connectivity index (χ2n) is 4.24. The Labute approximate surface area is 120 Å². The molecule has 2 amide bonds. The van der Waals surface area contributed by atoms with E-state index in [4.69, 9.17) is 5.11 Å². The fourth-order valence-corrected chi connectivity index (χ4v) is 1.84. The third-order valence-corrected chi connectivity index (χ3v) is 3.49. The van der Waals surface area contributed by atoms with Gasteiger partial charge < -0.3 is 15.7 Å². The van der Waals surface area contributed by atoms with E-state index >= 15 is 0 Å². The molecule has 19 heavy (non-hydrogen) atoms. The Bertz CT molecular complexity index is 477. The Morgan fingerprint density at radius 1 is 1.42 bits per heavy atom. The van der Waals surface area contributed by atoms with Crippen LogP contribution in [0, 0.1) is 6.92 Å². The lowest BCUT2D eigenvalue weighted by Gasteiger charge is -2.14. The van der Waals surface area contributed by atoms with Crippen LogP contribution in [0.25, 0.3) is 0 Å². The number of carbonyl (C=O) groups is 2. The van der Waals surface area contributed by atoms with Crippen molar-refractivity contribution in [3.8, 4) is 0 Å². The molecule has 0 heterocycles. The van der Waals surface area contributed by atoms with E-state index in [1.807, 2.05) is 19.9 Å². The van der Waals surface area contributed by atoms with Crippen LogP contribution in [0.15, 0.2) is 22.7 Å². The Morgan fingerprint density at radius 3 is 2.63 bits per heavy atom. The van der Waals surface area contributed by atoms with Crippen molar-refractivity contribution in [3.63, 3.8) is 0 Å². The fourth-order valence-electron chi connectivity index (χ4n) is 1.59. The van der Waals surface area contributed by atoms with Gasteiger partial charge in [0.1, 0.15) is 6.04 Å². The van der Waals surface area contributed by atoms with Crippen LogP contribution in [0.5, 0.6) is 0 Å². The highest BCUT2D eigenvalue weighted by molar-refractivity contribution is 9.10. The molecule has 0 radical (unpaired) electrons. The third-order valence-electron chi connectivity index (χ3n) is 2.60. The first-order chi connectivity index (χ1) is 8.93. The molecule has 0 saturated carbocycles. The van der Waals surface area contributed by atoms with Gasteiger partial charge in [-0.1, -0.05) is 29.3 Å². The van der Waals surface area contributed by atoms with Gasteiger partial charge in [-0.05, 0) is 37.1 Å². The lowest BCUT2D eigenvalue weighted by Crippen LogP contribution is -2.42. The second kappa shape index (κ2) is 7.13. The van der Waals surface area contributed by atoms with Gasteiger partial charge in [0.15, 0.2) is 0 Å². The number of hydrogen-bond donors (Lipinski definition) is 3. The maximum Gasteiger partial charge on any atom is 0.326 e. The molecule has 0 aliphatic rings. The van der Waals surface area contributed by atoms with Crippen molar-refractivity contribution in [2.24, 2.45) is 0 Å². The molecule has 1 atom stereocenters. The number of nitrogens with one attached hydrogen (secondary N) is 2. The van der Waals surface area contributed by atoms with E-state index in [1.165, 1.54) is 0 Å². The molecule has 0 aliphatic heterocycles. The molecule has 3 N–H and O–H groups in total. The number of aryl methyl sites for hydroxylation is 1. The van der Waals surface area contributed by atoms with Gasteiger partial charge >= 0.3 is 12.0 Å². The molecule has 5 nitrogen and oxygen atoms in total. The summed E-state index contributed by atoms with van der Waals surface area (Å²) in [5.74, 6) is -1.02. The second-order valence-corrected chi connectivity index (χ2v) is 5.10. The molecule has 0 fully saturated rings. The smallest absolute Gasteiger partial charge is 0.326 e. The maximum absolute atomic E-state index is 11.7. The van der Waals surface area contributed by atoms with Crippen LogP contribution in [-0.4, -0.2) is 23.1 Å². The molecule has 0 aliphatic carbocycles. The molecule has 0 unspecified atom stereocenters. The Morgan fingerprint density at radius 2 is 2.11 bits per heavy atom. The first kappa shape index (κ1) is 15.5. The van der Waals surface area contributed by atoms with E-state index in [-0.39, 0.29) is 0 Å². The third kappa shape index (κ3) is 4.90. The van der Waals surface area contributed by atoms with Gasteiger partial charge in [-0.2, -0.15) is 0 Å². The highest BCUT2D eigenvalue weighted by Crippen LogP contribution is 2.19. The summed E-state index contributed by atoms with van der Waals surface area (Å²) >= 11 is 3.37. The van der Waals surface area contributed by atoms with Gasteiger partial charge in [-0.15, -0.1) is 0 Å². The highest BCUT2D eigenvalue weighted by atomic mass is 79.9. The minimum atomic E-state index is -1.02. The largest absolute Gasteiger partial charge is 0.480 e. The molecule has 104 valence electrons. The maximum atomic E-state index is 11.7. The van der Waals surface area contributed by atoms with Gasteiger partial charge in [-0.25, -0.2) is 9.59 Å². The molecule has 0 spiro atoms. The Kier molecular flexibility index (Phi) is 5.82. The van der Waals surface area contributed by atoms with Crippen molar-refractivity contribution in [1.82, 2.24) is 5.32 Å². The van der Waals surface area contributed by atoms with Crippen LogP contribution in [-0.2, 0) is 4.79 Å². The molecule has 1 aromatic rings. The fraction of sp³-hybridized carbons (Fsp3) is 0.385. The van der Waals surface area contributed by atoms with Crippen molar-refractivity contribution >= 4 is 33.6 Å². The van der Waals surface area contributed by atoms with E-state index in [1.54, 1.807) is 12.1 Å². The van der Waals surface area contributed by atoms with Crippen LogP contribution in [0.2, 0.25) is 0 Å². The summed E-state index contributed by atoms with van der Waals surface area (Å²) in [6, 6.07) is 4.00. The Balaban J connectivity index is 2.63. The standard InChI is InChI=1S/C13H17BrN2O3/c1-3-4-11(12(17)18)16-13(19)15-9-5-6-10(14)8(2)7-9/h5-7,11H,3-4H2,1-2H3,(H,17,18)(H2,15,16,19)/t11-/m0/s1. The number of halogens is 1. The summed E-state index contributed by atoms with van der Waals surface area (Å²) in [4.78, 5) is 22.6. The average molecular weight is 329 g/mol. The first-order valence-electron chi connectivity index (χ1n) is 6.00. The van der Waals surface area contributed by atoms with E-state index in [0.29, 0.717) is 18.5 Å². The number of benzene rings is 1.